The maximum atomic E-state index is 12.4. The molecule has 0 aliphatic carbocycles. The summed E-state index contributed by atoms with van der Waals surface area (Å²) in [5.74, 6) is 1.68. The summed E-state index contributed by atoms with van der Waals surface area (Å²) in [5, 5.41) is 13.4. The molecule has 1 saturated heterocycles. The average molecular weight is 319 g/mol. The molecule has 0 saturated carbocycles. The molecule has 1 aliphatic heterocycles. The van der Waals surface area contributed by atoms with Crippen molar-refractivity contribution in [1.29, 1.82) is 0 Å². The summed E-state index contributed by atoms with van der Waals surface area (Å²) in [6, 6.07) is 3.42. The van der Waals surface area contributed by atoms with Crippen molar-refractivity contribution in [2.75, 3.05) is 13.2 Å². The van der Waals surface area contributed by atoms with Gasteiger partial charge in [0.05, 0.1) is 18.9 Å². The van der Waals surface area contributed by atoms with Crippen LogP contribution in [-0.2, 0) is 11.2 Å². The van der Waals surface area contributed by atoms with Gasteiger partial charge in [-0.1, -0.05) is 12.1 Å². The van der Waals surface area contributed by atoms with E-state index >= 15 is 0 Å². The van der Waals surface area contributed by atoms with Gasteiger partial charge in [0.1, 0.15) is 0 Å². The number of aliphatic hydroxyl groups excluding tert-OH is 1. The SMILES string of the molecule is CC1CCCN(C(=O)CCc2nc(-c3ccco3)no2)C1CO. The van der Waals surface area contributed by atoms with Crippen molar-refractivity contribution in [2.45, 2.75) is 38.6 Å². The Morgan fingerprint density at radius 1 is 1.52 bits per heavy atom. The molecule has 0 radical (unpaired) electrons. The van der Waals surface area contributed by atoms with Crippen LogP contribution in [0.4, 0.5) is 0 Å². The third kappa shape index (κ3) is 3.44. The first kappa shape index (κ1) is 15.7. The van der Waals surface area contributed by atoms with Crippen molar-refractivity contribution in [3.8, 4) is 11.6 Å². The summed E-state index contributed by atoms with van der Waals surface area (Å²) >= 11 is 0. The standard InChI is InChI=1S/C16H21N3O4/c1-11-4-2-8-19(12(11)10-20)15(21)7-6-14-17-16(18-23-14)13-5-3-9-22-13/h3,5,9,11-12,20H,2,4,6-8,10H2,1H3. The molecule has 2 unspecified atom stereocenters. The Bertz CT molecular complexity index is 638. The second-order valence-corrected chi connectivity index (χ2v) is 5.95. The first-order valence-electron chi connectivity index (χ1n) is 7.96. The molecule has 1 amide bonds. The molecule has 0 bridgehead atoms. The van der Waals surface area contributed by atoms with E-state index in [0.29, 0.717) is 42.8 Å². The van der Waals surface area contributed by atoms with Gasteiger partial charge < -0.3 is 18.9 Å². The minimum absolute atomic E-state index is 0.0100. The number of nitrogens with zero attached hydrogens (tertiary/aromatic N) is 3. The van der Waals surface area contributed by atoms with Gasteiger partial charge in [-0.3, -0.25) is 4.79 Å². The van der Waals surface area contributed by atoms with Gasteiger partial charge in [0.25, 0.3) is 0 Å². The summed E-state index contributed by atoms with van der Waals surface area (Å²) < 4.78 is 10.4. The molecule has 2 aromatic heterocycles. The second kappa shape index (κ2) is 6.95. The third-order valence-electron chi connectivity index (χ3n) is 4.39. The summed E-state index contributed by atoms with van der Waals surface area (Å²) in [5.41, 5.74) is 0. The molecule has 3 rings (SSSR count). The van der Waals surface area contributed by atoms with E-state index in [1.165, 1.54) is 0 Å². The van der Waals surface area contributed by atoms with Gasteiger partial charge >= 0.3 is 0 Å². The topological polar surface area (TPSA) is 92.6 Å². The smallest absolute Gasteiger partial charge is 0.238 e. The first-order valence-corrected chi connectivity index (χ1v) is 7.96. The van der Waals surface area contributed by atoms with Crippen LogP contribution >= 0.6 is 0 Å². The van der Waals surface area contributed by atoms with Gasteiger partial charge in [-0.25, -0.2) is 0 Å². The lowest BCUT2D eigenvalue weighted by molar-refractivity contribution is -0.137. The molecule has 2 aromatic rings. The van der Waals surface area contributed by atoms with Gasteiger partial charge in [0.2, 0.25) is 17.6 Å². The first-order chi connectivity index (χ1) is 11.2. The molecule has 7 nitrogen and oxygen atoms in total. The van der Waals surface area contributed by atoms with Crippen LogP contribution in [0.25, 0.3) is 11.6 Å². The highest BCUT2D eigenvalue weighted by molar-refractivity contribution is 5.76. The number of carbonyl (C=O) groups excluding carboxylic acids is 1. The lowest BCUT2D eigenvalue weighted by atomic mass is 9.91. The Morgan fingerprint density at radius 3 is 3.13 bits per heavy atom. The highest BCUT2D eigenvalue weighted by Crippen LogP contribution is 2.24. The summed E-state index contributed by atoms with van der Waals surface area (Å²) in [7, 11) is 0. The molecule has 124 valence electrons. The van der Waals surface area contributed by atoms with Crippen molar-refractivity contribution in [1.82, 2.24) is 15.0 Å². The van der Waals surface area contributed by atoms with Crippen LogP contribution in [0.15, 0.2) is 27.3 Å². The predicted molar refractivity (Wildman–Crippen MR) is 81.3 cm³/mol. The molecular formula is C16H21N3O4. The van der Waals surface area contributed by atoms with Crippen LogP contribution in [0.1, 0.15) is 32.1 Å². The number of likely N-dealkylation sites (tertiary alicyclic amines) is 1. The fraction of sp³-hybridized carbons (Fsp3) is 0.562. The average Bonchev–Trinajstić information content (AvgIpc) is 3.23. The Labute approximate surface area is 134 Å². The summed E-state index contributed by atoms with van der Waals surface area (Å²) in [4.78, 5) is 18.5. The van der Waals surface area contributed by atoms with Crippen molar-refractivity contribution >= 4 is 5.91 Å². The van der Waals surface area contributed by atoms with Gasteiger partial charge in [-0.15, -0.1) is 0 Å². The number of furan rings is 1. The highest BCUT2D eigenvalue weighted by Gasteiger charge is 2.31. The number of aryl methyl sites for hydroxylation is 1. The number of aromatic nitrogens is 2. The molecule has 2 atom stereocenters. The number of hydrogen-bond donors (Lipinski definition) is 1. The van der Waals surface area contributed by atoms with Crippen LogP contribution in [-0.4, -0.2) is 45.2 Å². The fourth-order valence-corrected chi connectivity index (χ4v) is 3.06. The number of hydrogen-bond acceptors (Lipinski definition) is 6. The highest BCUT2D eigenvalue weighted by atomic mass is 16.5. The minimum Gasteiger partial charge on any atom is -0.461 e. The van der Waals surface area contributed by atoms with Gasteiger partial charge in [0.15, 0.2) is 5.76 Å². The van der Waals surface area contributed by atoms with E-state index in [-0.39, 0.29) is 18.6 Å². The van der Waals surface area contributed by atoms with Crippen molar-refractivity contribution in [3.63, 3.8) is 0 Å². The Kier molecular flexibility index (Phi) is 4.76. The predicted octanol–water partition coefficient (Wildman–Crippen LogP) is 1.88. The van der Waals surface area contributed by atoms with Crippen LogP contribution < -0.4 is 0 Å². The molecule has 1 fully saturated rings. The number of rotatable bonds is 5. The molecule has 0 aromatic carbocycles. The van der Waals surface area contributed by atoms with Crippen LogP contribution in [0.3, 0.4) is 0 Å². The van der Waals surface area contributed by atoms with E-state index in [1.807, 2.05) is 0 Å². The van der Waals surface area contributed by atoms with Gasteiger partial charge in [0, 0.05) is 19.4 Å². The van der Waals surface area contributed by atoms with Crippen molar-refractivity contribution in [2.24, 2.45) is 5.92 Å². The van der Waals surface area contributed by atoms with E-state index in [0.717, 1.165) is 12.8 Å². The lowest BCUT2D eigenvalue weighted by Crippen LogP contribution is -2.49. The van der Waals surface area contributed by atoms with Crippen molar-refractivity contribution in [3.05, 3.63) is 24.3 Å². The molecular weight excluding hydrogens is 298 g/mol. The van der Waals surface area contributed by atoms with Crippen LogP contribution in [0.2, 0.25) is 0 Å². The summed E-state index contributed by atoms with van der Waals surface area (Å²) in [6.45, 7) is 2.79. The van der Waals surface area contributed by atoms with E-state index < -0.39 is 0 Å². The quantitative estimate of drug-likeness (QED) is 0.904. The molecule has 7 heteroatoms. The van der Waals surface area contributed by atoms with E-state index in [4.69, 9.17) is 8.94 Å². The molecule has 23 heavy (non-hydrogen) atoms. The number of carbonyl (C=O) groups is 1. The lowest BCUT2D eigenvalue weighted by Gasteiger charge is -2.39. The Balaban J connectivity index is 1.58. The third-order valence-corrected chi connectivity index (χ3v) is 4.39. The maximum absolute atomic E-state index is 12.4. The monoisotopic (exact) mass is 319 g/mol. The van der Waals surface area contributed by atoms with E-state index in [9.17, 15) is 9.90 Å². The number of piperidine rings is 1. The number of amides is 1. The number of aliphatic hydroxyl groups is 1. The zero-order chi connectivity index (χ0) is 16.2. The van der Waals surface area contributed by atoms with Crippen molar-refractivity contribution < 1.29 is 18.8 Å². The molecule has 1 N–H and O–H groups in total. The normalized spacial score (nSPS) is 21.6. The molecule has 3 heterocycles. The zero-order valence-electron chi connectivity index (χ0n) is 13.1. The molecule has 0 spiro atoms. The summed E-state index contributed by atoms with van der Waals surface area (Å²) in [6.07, 6.45) is 4.25. The Hall–Kier alpha value is -2.15. The second-order valence-electron chi connectivity index (χ2n) is 5.95. The Morgan fingerprint density at radius 2 is 2.39 bits per heavy atom. The van der Waals surface area contributed by atoms with Crippen LogP contribution in [0, 0.1) is 5.92 Å². The van der Waals surface area contributed by atoms with Gasteiger partial charge in [-0.05, 0) is 30.9 Å². The molecule has 1 aliphatic rings. The van der Waals surface area contributed by atoms with Crippen LogP contribution in [0.5, 0.6) is 0 Å². The fourth-order valence-electron chi connectivity index (χ4n) is 3.06. The minimum atomic E-state index is -0.0855. The maximum Gasteiger partial charge on any atom is 0.238 e. The van der Waals surface area contributed by atoms with E-state index in [2.05, 4.69) is 17.1 Å². The largest absolute Gasteiger partial charge is 0.461 e. The zero-order valence-corrected chi connectivity index (χ0v) is 13.1. The van der Waals surface area contributed by atoms with E-state index in [1.54, 1.807) is 23.3 Å². The van der Waals surface area contributed by atoms with Gasteiger partial charge in [-0.2, -0.15) is 4.98 Å².